The van der Waals surface area contributed by atoms with Gasteiger partial charge in [0, 0.05) is 6.54 Å². The third-order valence-electron chi connectivity index (χ3n) is 3.69. The fourth-order valence-electron chi connectivity index (χ4n) is 2.41. The summed E-state index contributed by atoms with van der Waals surface area (Å²) in [4.78, 5) is 24.8. The molecule has 0 aliphatic heterocycles. The van der Waals surface area contributed by atoms with Crippen LogP contribution in [0.2, 0.25) is 0 Å². The highest BCUT2D eigenvalue weighted by Crippen LogP contribution is 2.19. The first-order valence-electron chi connectivity index (χ1n) is 9.13. The van der Waals surface area contributed by atoms with Gasteiger partial charge in [-0.1, -0.05) is 38.1 Å². The summed E-state index contributed by atoms with van der Waals surface area (Å²) in [6.07, 6.45) is 0. The van der Waals surface area contributed by atoms with Crippen LogP contribution in [-0.2, 0) is 0 Å². The van der Waals surface area contributed by atoms with E-state index in [0.717, 1.165) is 0 Å². The highest BCUT2D eigenvalue weighted by atomic mass is 32.1. The van der Waals surface area contributed by atoms with Crippen molar-refractivity contribution in [2.24, 2.45) is 5.92 Å². The lowest BCUT2D eigenvalue weighted by molar-refractivity contribution is 0.0953. The van der Waals surface area contributed by atoms with E-state index in [0.29, 0.717) is 41.6 Å². The zero-order chi connectivity index (χ0) is 20.5. The standard InChI is InChI=1S/C21H25N3O3S/c1-4-22-19(25)15-9-5-7-11-17(15)23-21(28)24-20(26)16-10-6-8-12-18(16)27-13-14(2)3/h5-12,14H,4,13H2,1-3H3,(H,22,25)(H2,23,24,26,28). The molecular formula is C21H25N3O3S. The largest absolute Gasteiger partial charge is 0.492 e. The molecule has 0 aromatic heterocycles. The maximum absolute atomic E-state index is 12.6. The molecule has 0 saturated heterocycles. The first-order valence-corrected chi connectivity index (χ1v) is 9.54. The van der Waals surface area contributed by atoms with E-state index in [-0.39, 0.29) is 16.9 Å². The fraction of sp³-hybridized carbons (Fsp3) is 0.286. The molecule has 7 heteroatoms. The van der Waals surface area contributed by atoms with Crippen molar-refractivity contribution in [1.29, 1.82) is 0 Å². The summed E-state index contributed by atoms with van der Waals surface area (Å²) < 4.78 is 5.72. The Balaban J connectivity index is 2.09. The Hall–Kier alpha value is -2.93. The van der Waals surface area contributed by atoms with Gasteiger partial charge in [0.1, 0.15) is 5.75 Å². The highest BCUT2D eigenvalue weighted by molar-refractivity contribution is 7.80. The second-order valence-electron chi connectivity index (χ2n) is 6.51. The molecule has 0 heterocycles. The van der Waals surface area contributed by atoms with E-state index in [9.17, 15) is 9.59 Å². The number of anilines is 1. The first-order chi connectivity index (χ1) is 13.4. The minimum atomic E-state index is -0.382. The predicted molar refractivity (Wildman–Crippen MR) is 115 cm³/mol. The summed E-state index contributed by atoms with van der Waals surface area (Å²) in [6.45, 7) is 6.94. The maximum Gasteiger partial charge on any atom is 0.261 e. The number of ether oxygens (including phenoxy) is 1. The topological polar surface area (TPSA) is 79.5 Å². The normalized spacial score (nSPS) is 10.3. The van der Waals surface area contributed by atoms with E-state index in [2.05, 4.69) is 16.0 Å². The van der Waals surface area contributed by atoms with Crippen LogP contribution in [0.3, 0.4) is 0 Å². The molecule has 28 heavy (non-hydrogen) atoms. The molecule has 2 aromatic carbocycles. The van der Waals surface area contributed by atoms with Gasteiger partial charge in [-0.05, 0) is 49.3 Å². The Morgan fingerprint density at radius 2 is 1.64 bits per heavy atom. The van der Waals surface area contributed by atoms with Gasteiger partial charge in [0.05, 0.1) is 23.4 Å². The molecular weight excluding hydrogens is 374 g/mol. The minimum absolute atomic E-state index is 0.0976. The Kier molecular flexibility index (Phi) is 7.95. The highest BCUT2D eigenvalue weighted by Gasteiger charge is 2.16. The minimum Gasteiger partial charge on any atom is -0.492 e. The van der Waals surface area contributed by atoms with Crippen LogP contribution in [-0.4, -0.2) is 30.1 Å². The Labute approximate surface area is 170 Å². The number of benzene rings is 2. The molecule has 148 valence electrons. The van der Waals surface area contributed by atoms with Crippen LogP contribution in [0.25, 0.3) is 0 Å². The van der Waals surface area contributed by atoms with Crippen LogP contribution in [0, 0.1) is 5.92 Å². The summed E-state index contributed by atoms with van der Waals surface area (Å²) in [5, 5.41) is 8.40. The van der Waals surface area contributed by atoms with Crippen molar-refractivity contribution in [3.05, 3.63) is 59.7 Å². The average molecular weight is 400 g/mol. The molecule has 0 aliphatic carbocycles. The summed E-state index contributed by atoms with van der Waals surface area (Å²) in [6, 6.07) is 14.0. The first kappa shape index (κ1) is 21.4. The van der Waals surface area contributed by atoms with Crippen LogP contribution >= 0.6 is 12.2 Å². The zero-order valence-corrected chi connectivity index (χ0v) is 17.1. The number of nitrogens with one attached hydrogen (secondary N) is 3. The zero-order valence-electron chi connectivity index (χ0n) is 16.2. The molecule has 0 atom stereocenters. The lowest BCUT2D eigenvalue weighted by atomic mass is 10.1. The molecule has 0 fully saturated rings. The number of thiocarbonyl (C=S) groups is 1. The van der Waals surface area contributed by atoms with Crippen LogP contribution in [0.1, 0.15) is 41.5 Å². The molecule has 0 bridgehead atoms. The van der Waals surface area contributed by atoms with Crippen molar-refractivity contribution in [3.63, 3.8) is 0 Å². The second-order valence-corrected chi connectivity index (χ2v) is 6.92. The number of hydrogen-bond acceptors (Lipinski definition) is 4. The molecule has 6 nitrogen and oxygen atoms in total. The Bertz CT molecular complexity index is 852. The van der Waals surface area contributed by atoms with Gasteiger partial charge in [0.2, 0.25) is 0 Å². The molecule has 0 unspecified atom stereocenters. The van der Waals surface area contributed by atoms with Crippen molar-refractivity contribution in [1.82, 2.24) is 10.6 Å². The number of amides is 2. The lowest BCUT2D eigenvalue weighted by Gasteiger charge is -2.15. The van der Waals surface area contributed by atoms with Crippen LogP contribution in [0.15, 0.2) is 48.5 Å². The number of carbonyl (C=O) groups is 2. The maximum atomic E-state index is 12.6. The van der Waals surface area contributed by atoms with Gasteiger partial charge in [-0.15, -0.1) is 0 Å². The van der Waals surface area contributed by atoms with Crippen molar-refractivity contribution in [3.8, 4) is 5.75 Å². The van der Waals surface area contributed by atoms with E-state index in [4.69, 9.17) is 17.0 Å². The van der Waals surface area contributed by atoms with E-state index in [1.807, 2.05) is 26.8 Å². The number of hydrogen-bond donors (Lipinski definition) is 3. The van der Waals surface area contributed by atoms with E-state index < -0.39 is 0 Å². The number of carbonyl (C=O) groups excluding carboxylic acids is 2. The fourth-order valence-corrected chi connectivity index (χ4v) is 2.61. The quantitative estimate of drug-likeness (QED) is 0.620. The molecule has 2 amide bonds. The summed E-state index contributed by atoms with van der Waals surface area (Å²) in [5.41, 5.74) is 1.36. The van der Waals surface area contributed by atoms with Gasteiger partial charge >= 0.3 is 0 Å². The number of rotatable bonds is 7. The molecule has 0 aliphatic rings. The van der Waals surface area contributed by atoms with Crippen molar-refractivity contribution in [2.45, 2.75) is 20.8 Å². The molecule has 0 spiro atoms. The molecule has 3 N–H and O–H groups in total. The molecule has 0 saturated carbocycles. The summed E-state index contributed by atoms with van der Waals surface area (Å²) >= 11 is 5.26. The van der Waals surface area contributed by atoms with Gasteiger partial charge in [-0.25, -0.2) is 0 Å². The smallest absolute Gasteiger partial charge is 0.261 e. The number of para-hydroxylation sites is 2. The third-order valence-corrected chi connectivity index (χ3v) is 3.89. The Morgan fingerprint density at radius 1 is 1.00 bits per heavy atom. The van der Waals surface area contributed by atoms with Crippen molar-refractivity contribution in [2.75, 3.05) is 18.5 Å². The van der Waals surface area contributed by atoms with Gasteiger partial charge in [-0.3, -0.25) is 14.9 Å². The van der Waals surface area contributed by atoms with Crippen LogP contribution < -0.4 is 20.7 Å². The van der Waals surface area contributed by atoms with E-state index in [1.54, 1.807) is 42.5 Å². The van der Waals surface area contributed by atoms with E-state index >= 15 is 0 Å². The van der Waals surface area contributed by atoms with Gasteiger partial charge < -0.3 is 15.4 Å². The predicted octanol–water partition coefficient (Wildman–Crippen LogP) is 3.60. The molecule has 2 rings (SSSR count). The lowest BCUT2D eigenvalue weighted by Crippen LogP contribution is -2.35. The van der Waals surface area contributed by atoms with Gasteiger partial charge in [0.25, 0.3) is 11.8 Å². The monoisotopic (exact) mass is 399 g/mol. The van der Waals surface area contributed by atoms with E-state index in [1.165, 1.54) is 0 Å². The summed E-state index contributed by atoms with van der Waals surface area (Å²) in [5.74, 6) is 0.239. The summed E-state index contributed by atoms with van der Waals surface area (Å²) in [7, 11) is 0. The molecule has 0 radical (unpaired) electrons. The van der Waals surface area contributed by atoms with Gasteiger partial charge in [-0.2, -0.15) is 0 Å². The van der Waals surface area contributed by atoms with Crippen LogP contribution in [0.5, 0.6) is 5.75 Å². The van der Waals surface area contributed by atoms with Crippen molar-refractivity contribution < 1.29 is 14.3 Å². The Morgan fingerprint density at radius 3 is 2.32 bits per heavy atom. The van der Waals surface area contributed by atoms with Gasteiger partial charge in [0.15, 0.2) is 5.11 Å². The average Bonchev–Trinajstić information content (AvgIpc) is 2.67. The SMILES string of the molecule is CCNC(=O)c1ccccc1NC(=S)NC(=O)c1ccccc1OCC(C)C. The van der Waals surface area contributed by atoms with Crippen LogP contribution in [0.4, 0.5) is 5.69 Å². The van der Waals surface area contributed by atoms with Crippen molar-refractivity contribution >= 4 is 34.8 Å². The molecule has 2 aromatic rings. The second kappa shape index (κ2) is 10.4. The third kappa shape index (κ3) is 6.06.